The van der Waals surface area contributed by atoms with Gasteiger partial charge in [-0.25, -0.2) is 9.78 Å². The number of ether oxygens (including phenoxy) is 1. The fourth-order valence-electron chi connectivity index (χ4n) is 2.53. The molecule has 0 N–H and O–H groups in total. The Kier molecular flexibility index (Phi) is 5.76. The van der Waals surface area contributed by atoms with Gasteiger partial charge in [0.1, 0.15) is 11.8 Å². The van der Waals surface area contributed by atoms with Crippen LogP contribution in [-0.4, -0.2) is 25.1 Å². The summed E-state index contributed by atoms with van der Waals surface area (Å²) in [7, 11) is 0. The van der Waals surface area contributed by atoms with Crippen LogP contribution in [0, 0.1) is 12.8 Å². The molecule has 0 aliphatic rings. The van der Waals surface area contributed by atoms with Gasteiger partial charge >= 0.3 is 5.97 Å². The van der Waals surface area contributed by atoms with Gasteiger partial charge in [-0.05, 0) is 18.9 Å². The first-order valence-electron chi connectivity index (χ1n) is 8.38. The lowest BCUT2D eigenvalue weighted by Crippen LogP contribution is -2.14. The first kappa shape index (κ1) is 19.3. The van der Waals surface area contributed by atoms with Crippen molar-refractivity contribution in [3.63, 3.8) is 0 Å². The Hall–Kier alpha value is -2.45. The van der Waals surface area contributed by atoms with Crippen molar-refractivity contribution in [3.8, 4) is 0 Å². The van der Waals surface area contributed by atoms with Gasteiger partial charge < -0.3 is 4.74 Å². The minimum absolute atomic E-state index is 0.0772. The first-order chi connectivity index (χ1) is 12.8. The Morgan fingerprint density at radius 2 is 2.22 bits per heavy atom. The van der Waals surface area contributed by atoms with Gasteiger partial charge in [0, 0.05) is 35.8 Å². The van der Waals surface area contributed by atoms with Crippen molar-refractivity contribution in [1.82, 2.24) is 19.2 Å². The Labute approximate surface area is 164 Å². The molecule has 3 aromatic rings. The molecule has 3 heterocycles. The highest BCUT2D eigenvalue weighted by Crippen LogP contribution is 2.22. The molecule has 7 nitrogen and oxygen atoms in total. The van der Waals surface area contributed by atoms with Crippen LogP contribution in [0.5, 0.6) is 0 Å². The van der Waals surface area contributed by atoms with Crippen LogP contribution in [-0.2, 0) is 22.7 Å². The lowest BCUT2D eigenvalue weighted by molar-refractivity contribution is -0.139. The molecule has 0 aliphatic heterocycles. The van der Waals surface area contributed by atoms with Crippen LogP contribution in [0.25, 0.3) is 11.0 Å². The lowest BCUT2D eigenvalue weighted by atomic mass is 10.2. The summed E-state index contributed by atoms with van der Waals surface area (Å²) in [6, 6.07) is 1.35. The number of aromatic nitrogens is 4. The molecule has 0 unspecified atom stereocenters. The Morgan fingerprint density at radius 3 is 2.96 bits per heavy atom. The molecule has 0 saturated heterocycles. The molecule has 3 rings (SSSR count). The third-order valence-corrected chi connectivity index (χ3v) is 4.91. The summed E-state index contributed by atoms with van der Waals surface area (Å²) in [5.41, 5.74) is 1.62. The van der Waals surface area contributed by atoms with Gasteiger partial charge in [0.2, 0.25) is 0 Å². The minimum Gasteiger partial charge on any atom is -0.456 e. The number of carbonyl (C=O) groups excluding carboxylic acids is 1. The van der Waals surface area contributed by atoms with Gasteiger partial charge in [0.25, 0.3) is 5.56 Å². The number of esters is 1. The molecule has 0 saturated carbocycles. The molecule has 0 spiro atoms. The van der Waals surface area contributed by atoms with Crippen molar-refractivity contribution < 1.29 is 9.53 Å². The summed E-state index contributed by atoms with van der Waals surface area (Å²) < 4.78 is 8.34. The fourth-order valence-corrected chi connectivity index (χ4v) is 3.57. The van der Waals surface area contributed by atoms with Crippen LogP contribution in [0.1, 0.15) is 30.8 Å². The highest BCUT2D eigenvalue weighted by molar-refractivity contribution is 7.15. The van der Waals surface area contributed by atoms with Crippen molar-refractivity contribution in [3.05, 3.63) is 56.2 Å². The van der Waals surface area contributed by atoms with E-state index in [2.05, 4.69) is 23.9 Å². The second kappa shape index (κ2) is 8.06. The van der Waals surface area contributed by atoms with Gasteiger partial charge in [-0.3, -0.25) is 13.9 Å². The van der Waals surface area contributed by atoms with E-state index in [1.807, 2.05) is 6.92 Å². The number of hydrogen-bond donors (Lipinski definition) is 0. The molecular formula is C18H19ClN4O3S. The summed E-state index contributed by atoms with van der Waals surface area (Å²) in [6.07, 6.45) is 4.54. The zero-order valence-electron chi connectivity index (χ0n) is 15.2. The topological polar surface area (TPSA) is 78.5 Å². The van der Waals surface area contributed by atoms with Crippen LogP contribution in [0.3, 0.4) is 0 Å². The van der Waals surface area contributed by atoms with Gasteiger partial charge in [0.05, 0.1) is 11.4 Å². The van der Waals surface area contributed by atoms with Gasteiger partial charge in [-0.1, -0.05) is 25.4 Å². The molecule has 0 amide bonds. The molecule has 0 radical (unpaired) electrons. The highest BCUT2D eigenvalue weighted by atomic mass is 35.5. The number of fused-ring (bicyclic) bond motifs is 1. The molecule has 0 aliphatic carbocycles. The van der Waals surface area contributed by atoms with Crippen LogP contribution in [0.15, 0.2) is 28.5 Å². The molecule has 27 heavy (non-hydrogen) atoms. The number of carbonyl (C=O) groups is 1. The van der Waals surface area contributed by atoms with Gasteiger partial charge in [-0.2, -0.15) is 5.10 Å². The van der Waals surface area contributed by atoms with E-state index >= 15 is 0 Å². The molecular weight excluding hydrogens is 388 g/mol. The van der Waals surface area contributed by atoms with Crippen LogP contribution in [0.4, 0.5) is 0 Å². The molecule has 9 heteroatoms. The van der Waals surface area contributed by atoms with Crippen molar-refractivity contribution in [1.29, 1.82) is 0 Å². The van der Waals surface area contributed by atoms with Crippen molar-refractivity contribution in [2.75, 3.05) is 0 Å². The van der Waals surface area contributed by atoms with Crippen molar-refractivity contribution >= 4 is 39.9 Å². The zero-order valence-corrected chi connectivity index (χ0v) is 16.8. The quantitative estimate of drug-likeness (QED) is 0.463. The van der Waals surface area contributed by atoms with Crippen LogP contribution < -0.4 is 5.56 Å². The molecule has 0 atom stereocenters. The molecule has 0 aromatic carbocycles. The molecule has 0 fully saturated rings. The van der Waals surface area contributed by atoms with E-state index < -0.39 is 5.97 Å². The SMILES string of the molecule is Cc1nn(CC(C)C)c(Cl)c1/C=C/C(=O)OCc1cc(=O)n2ccsc2n1. The summed E-state index contributed by atoms with van der Waals surface area (Å²) in [5, 5.41) is 6.65. The number of nitrogens with zero attached hydrogens (tertiary/aromatic N) is 4. The van der Waals surface area contributed by atoms with E-state index in [1.54, 1.807) is 22.3 Å². The van der Waals surface area contributed by atoms with Crippen molar-refractivity contribution in [2.24, 2.45) is 5.92 Å². The summed E-state index contributed by atoms with van der Waals surface area (Å²) in [6.45, 7) is 6.61. The van der Waals surface area contributed by atoms with Gasteiger partial charge in [-0.15, -0.1) is 11.3 Å². The Balaban J connectivity index is 1.67. The maximum Gasteiger partial charge on any atom is 0.331 e. The lowest BCUT2D eigenvalue weighted by Gasteiger charge is -2.05. The van der Waals surface area contributed by atoms with E-state index in [9.17, 15) is 9.59 Å². The maximum absolute atomic E-state index is 12.0. The van der Waals surface area contributed by atoms with E-state index in [1.165, 1.54) is 27.9 Å². The predicted octanol–water partition coefficient (Wildman–Crippen LogP) is 3.33. The van der Waals surface area contributed by atoms with E-state index in [0.29, 0.717) is 33.8 Å². The number of hydrogen-bond acceptors (Lipinski definition) is 6. The smallest absolute Gasteiger partial charge is 0.331 e. The second-order valence-electron chi connectivity index (χ2n) is 6.45. The Morgan fingerprint density at radius 1 is 1.44 bits per heavy atom. The fraction of sp³-hybridized carbons (Fsp3) is 0.333. The number of rotatable bonds is 6. The van der Waals surface area contributed by atoms with Crippen LogP contribution in [0.2, 0.25) is 5.15 Å². The van der Waals surface area contributed by atoms with E-state index in [0.717, 1.165) is 5.69 Å². The van der Waals surface area contributed by atoms with E-state index in [-0.39, 0.29) is 12.2 Å². The normalized spacial score (nSPS) is 11.7. The van der Waals surface area contributed by atoms with Crippen LogP contribution >= 0.6 is 22.9 Å². The maximum atomic E-state index is 12.0. The number of halogens is 1. The zero-order chi connectivity index (χ0) is 19.6. The Bertz CT molecular complexity index is 1060. The summed E-state index contributed by atoms with van der Waals surface area (Å²) >= 11 is 7.68. The molecule has 142 valence electrons. The largest absolute Gasteiger partial charge is 0.456 e. The summed E-state index contributed by atoms with van der Waals surface area (Å²) in [4.78, 5) is 28.8. The average molecular weight is 407 g/mol. The highest BCUT2D eigenvalue weighted by Gasteiger charge is 2.12. The first-order valence-corrected chi connectivity index (χ1v) is 9.64. The number of thiazole rings is 1. The monoisotopic (exact) mass is 406 g/mol. The average Bonchev–Trinajstić information content (AvgIpc) is 3.17. The molecule has 0 bridgehead atoms. The van der Waals surface area contributed by atoms with Gasteiger partial charge in [0.15, 0.2) is 4.96 Å². The third-order valence-electron chi connectivity index (χ3n) is 3.75. The second-order valence-corrected chi connectivity index (χ2v) is 7.68. The minimum atomic E-state index is -0.546. The van der Waals surface area contributed by atoms with E-state index in [4.69, 9.17) is 16.3 Å². The van der Waals surface area contributed by atoms with Crippen molar-refractivity contribution in [2.45, 2.75) is 33.9 Å². The predicted molar refractivity (Wildman–Crippen MR) is 105 cm³/mol. The third kappa shape index (κ3) is 4.45. The molecule has 3 aromatic heterocycles. The summed E-state index contributed by atoms with van der Waals surface area (Å²) in [5.74, 6) is -0.142. The number of aryl methyl sites for hydroxylation is 1. The standard InChI is InChI=1S/C18H19ClN4O3S/c1-11(2)9-23-17(19)14(12(3)21-23)4-5-16(25)26-10-13-8-15(24)22-6-7-27-18(22)20-13/h4-8,11H,9-10H2,1-3H3/b5-4+.